The molecule has 1 aliphatic carbocycles. The van der Waals surface area contributed by atoms with Gasteiger partial charge in [-0.1, -0.05) is 0 Å². The number of unbranched alkanes of at least 4 members (excludes halogenated alkanes) is 1. The number of aromatic amines is 1. The molecule has 1 N–H and O–H groups in total. The predicted octanol–water partition coefficient (Wildman–Crippen LogP) is 3.71. The Bertz CT molecular complexity index is 627. The number of aromatic nitrogens is 2. The van der Waals surface area contributed by atoms with E-state index in [0.29, 0.717) is 6.61 Å². The van der Waals surface area contributed by atoms with Crippen molar-refractivity contribution in [3.63, 3.8) is 0 Å². The Morgan fingerprint density at radius 1 is 1.27 bits per heavy atom. The number of ether oxygens (including phenoxy) is 1. The van der Waals surface area contributed by atoms with Crippen LogP contribution in [0, 0.1) is 12.8 Å². The second-order valence-electron chi connectivity index (χ2n) is 5.94. The van der Waals surface area contributed by atoms with Crippen LogP contribution in [0.25, 0.3) is 0 Å². The van der Waals surface area contributed by atoms with Gasteiger partial charge in [0, 0.05) is 17.2 Å². The molecule has 1 aromatic carbocycles. The second-order valence-corrected chi connectivity index (χ2v) is 5.94. The monoisotopic (exact) mass is 298 g/mol. The molecule has 1 aromatic heterocycles. The lowest BCUT2D eigenvalue weighted by Gasteiger charge is -2.07. The third-order valence-electron chi connectivity index (χ3n) is 4.10. The molecule has 1 saturated carbocycles. The Morgan fingerprint density at radius 2 is 2.05 bits per heavy atom. The molecule has 1 fully saturated rings. The summed E-state index contributed by atoms with van der Waals surface area (Å²) in [4.78, 5) is 19.3. The molecule has 1 heterocycles. The highest BCUT2D eigenvalue weighted by molar-refractivity contribution is 5.99. The first-order valence-corrected chi connectivity index (χ1v) is 8.00. The molecule has 0 amide bonds. The number of rotatable bonds is 8. The van der Waals surface area contributed by atoms with Crippen molar-refractivity contribution >= 4 is 5.78 Å². The van der Waals surface area contributed by atoms with Crippen LogP contribution in [0.4, 0.5) is 0 Å². The molecule has 0 bridgehead atoms. The molecule has 0 saturated heterocycles. The van der Waals surface area contributed by atoms with Gasteiger partial charge in [0.15, 0.2) is 5.78 Å². The van der Waals surface area contributed by atoms with Gasteiger partial charge < -0.3 is 9.72 Å². The number of nitrogens with one attached hydrogen (secondary N) is 1. The first-order valence-electron chi connectivity index (χ1n) is 8.00. The van der Waals surface area contributed by atoms with E-state index in [0.717, 1.165) is 54.8 Å². The van der Waals surface area contributed by atoms with Gasteiger partial charge in [-0.3, -0.25) is 4.79 Å². The molecule has 2 aromatic rings. The Balaban J connectivity index is 1.38. The van der Waals surface area contributed by atoms with Gasteiger partial charge in [-0.05, 0) is 63.3 Å². The Hall–Kier alpha value is -2.10. The van der Waals surface area contributed by atoms with Crippen LogP contribution in [0.3, 0.4) is 0 Å². The average Bonchev–Trinajstić information content (AvgIpc) is 3.31. The van der Waals surface area contributed by atoms with E-state index in [4.69, 9.17) is 4.74 Å². The Morgan fingerprint density at radius 3 is 2.68 bits per heavy atom. The molecule has 0 spiro atoms. The SMILES string of the molecule is Cc1[nH]cnc1CCCCOc1ccc(C(=O)C2CC2)cc1. The maximum Gasteiger partial charge on any atom is 0.165 e. The molecule has 3 rings (SSSR count). The van der Waals surface area contributed by atoms with E-state index in [1.54, 1.807) is 6.33 Å². The third-order valence-corrected chi connectivity index (χ3v) is 4.10. The van der Waals surface area contributed by atoms with E-state index < -0.39 is 0 Å². The maximum absolute atomic E-state index is 11.9. The number of aryl methyl sites for hydroxylation is 2. The van der Waals surface area contributed by atoms with Crippen molar-refractivity contribution in [2.75, 3.05) is 6.61 Å². The summed E-state index contributed by atoms with van der Waals surface area (Å²) in [6.45, 7) is 2.74. The zero-order valence-electron chi connectivity index (χ0n) is 13.0. The number of carbonyl (C=O) groups is 1. The van der Waals surface area contributed by atoms with Gasteiger partial charge in [-0.25, -0.2) is 4.98 Å². The van der Waals surface area contributed by atoms with Crippen LogP contribution in [0.2, 0.25) is 0 Å². The van der Waals surface area contributed by atoms with Gasteiger partial charge in [0.1, 0.15) is 5.75 Å². The Kier molecular flexibility index (Phi) is 4.56. The number of H-pyrrole nitrogens is 1. The third kappa shape index (κ3) is 3.75. The molecule has 116 valence electrons. The van der Waals surface area contributed by atoms with Gasteiger partial charge in [0.25, 0.3) is 0 Å². The van der Waals surface area contributed by atoms with Crippen molar-refractivity contribution in [2.24, 2.45) is 5.92 Å². The molecular weight excluding hydrogens is 276 g/mol. The van der Waals surface area contributed by atoms with Crippen LogP contribution in [0.1, 0.15) is 47.4 Å². The van der Waals surface area contributed by atoms with Crippen LogP contribution in [-0.2, 0) is 6.42 Å². The number of ketones is 1. The Labute approximate surface area is 130 Å². The second kappa shape index (κ2) is 6.77. The fourth-order valence-corrected chi connectivity index (χ4v) is 2.52. The zero-order valence-corrected chi connectivity index (χ0v) is 13.0. The summed E-state index contributed by atoms with van der Waals surface area (Å²) in [6, 6.07) is 7.55. The fourth-order valence-electron chi connectivity index (χ4n) is 2.52. The van der Waals surface area contributed by atoms with Gasteiger partial charge in [-0.2, -0.15) is 0 Å². The zero-order chi connectivity index (χ0) is 15.4. The number of hydrogen-bond donors (Lipinski definition) is 1. The molecule has 0 atom stereocenters. The minimum atomic E-state index is 0.275. The van der Waals surface area contributed by atoms with Crippen molar-refractivity contribution < 1.29 is 9.53 Å². The lowest BCUT2D eigenvalue weighted by molar-refractivity contribution is 0.0967. The van der Waals surface area contributed by atoms with E-state index >= 15 is 0 Å². The summed E-state index contributed by atoms with van der Waals surface area (Å²) in [6.07, 6.45) is 6.87. The number of Topliss-reactive ketones (excluding diaryl/α,β-unsaturated/α-hetero) is 1. The summed E-state index contributed by atoms with van der Waals surface area (Å²) in [5.74, 6) is 1.39. The molecule has 4 heteroatoms. The van der Waals surface area contributed by atoms with Gasteiger partial charge in [-0.15, -0.1) is 0 Å². The predicted molar refractivity (Wildman–Crippen MR) is 85.3 cm³/mol. The first kappa shape index (κ1) is 14.8. The van der Waals surface area contributed by atoms with E-state index in [2.05, 4.69) is 9.97 Å². The molecule has 0 aliphatic heterocycles. The number of hydrogen-bond acceptors (Lipinski definition) is 3. The molecular formula is C18H22N2O2. The smallest absolute Gasteiger partial charge is 0.165 e. The number of nitrogens with zero attached hydrogens (tertiary/aromatic N) is 1. The lowest BCUT2D eigenvalue weighted by Crippen LogP contribution is -2.02. The van der Waals surface area contributed by atoms with Gasteiger partial charge in [0.2, 0.25) is 0 Å². The molecule has 4 nitrogen and oxygen atoms in total. The summed E-state index contributed by atoms with van der Waals surface area (Å²) >= 11 is 0. The van der Waals surface area contributed by atoms with Crippen molar-refractivity contribution in [3.05, 3.63) is 47.5 Å². The van der Waals surface area contributed by atoms with Crippen molar-refractivity contribution in [3.8, 4) is 5.75 Å². The fraction of sp³-hybridized carbons (Fsp3) is 0.444. The van der Waals surface area contributed by atoms with E-state index in [1.807, 2.05) is 31.2 Å². The normalized spacial score (nSPS) is 14.0. The molecule has 22 heavy (non-hydrogen) atoms. The van der Waals surface area contributed by atoms with Crippen LogP contribution in [0.15, 0.2) is 30.6 Å². The minimum Gasteiger partial charge on any atom is -0.494 e. The summed E-state index contributed by atoms with van der Waals surface area (Å²) in [5, 5.41) is 0. The van der Waals surface area contributed by atoms with Crippen molar-refractivity contribution in [1.82, 2.24) is 9.97 Å². The molecule has 0 radical (unpaired) electrons. The molecule has 0 unspecified atom stereocenters. The van der Waals surface area contributed by atoms with Crippen molar-refractivity contribution in [1.29, 1.82) is 0 Å². The summed E-state index contributed by atoms with van der Waals surface area (Å²) < 4.78 is 5.73. The highest BCUT2D eigenvalue weighted by Gasteiger charge is 2.30. The van der Waals surface area contributed by atoms with Crippen LogP contribution >= 0.6 is 0 Å². The van der Waals surface area contributed by atoms with Crippen LogP contribution in [-0.4, -0.2) is 22.4 Å². The first-order chi connectivity index (χ1) is 10.7. The number of imidazole rings is 1. The number of benzene rings is 1. The summed E-state index contributed by atoms with van der Waals surface area (Å²) in [5.41, 5.74) is 3.10. The quantitative estimate of drug-likeness (QED) is 0.597. The number of carbonyl (C=O) groups excluding carboxylic acids is 1. The highest BCUT2D eigenvalue weighted by Crippen LogP contribution is 2.32. The largest absolute Gasteiger partial charge is 0.494 e. The van der Waals surface area contributed by atoms with E-state index in [-0.39, 0.29) is 11.7 Å². The van der Waals surface area contributed by atoms with Crippen LogP contribution < -0.4 is 4.74 Å². The van der Waals surface area contributed by atoms with E-state index in [9.17, 15) is 4.79 Å². The standard InChI is InChI=1S/C18H22N2O2/c1-13-17(20-12-19-13)4-2-3-11-22-16-9-7-15(8-10-16)18(21)14-5-6-14/h7-10,12,14H,2-6,11H2,1H3,(H,19,20). The maximum atomic E-state index is 11.9. The average molecular weight is 298 g/mol. The van der Waals surface area contributed by atoms with Gasteiger partial charge >= 0.3 is 0 Å². The van der Waals surface area contributed by atoms with E-state index in [1.165, 1.54) is 0 Å². The van der Waals surface area contributed by atoms with Crippen molar-refractivity contribution in [2.45, 2.75) is 39.0 Å². The lowest BCUT2D eigenvalue weighted by atomic mass is 10.1. The van der Waals surface area contributed by atoms with Crippen LogP contribution in [0.5, 0.6) is 5.75 Å². The van der Waals surface area contributed by atoms with Gasteiger partial charge in [0.05, 0.1) is 18.6 Å². The minimum absolute atomic E-state index is 0.275. The highest BCUT2D eigenvalue weighted by atomic mass is 16.5. The summed E-state index contributed by atoms with van der Waals surface area (Å²) in [7, 11) is 0. The molecule has 1 aliphatic rings. The topological polar surface area (TPSA) is 55.0 Å².